The molecule has 0 amide bonds. The first-order chi connectivity index (χ1) is 10.7. The molecule has 118 valence electrons. The quantitative estimate of drug-likeness (QED) is 0.724. The summed E-state index contributed by atoms with van der Waals surface area (Å²) < 4.78 is 5.87. The van der Waals surface area contributed by atoms with E-state index in [1.165, 1.54) is 16.7 Å². The molecule has 1 unspecified atom stereocenters. The molecule has 1 N–H and O–H groups in total. The predicted octanol–water partition coefficient (Wildman–Crippen LogP) is 4.50. The highest BCUT2D eigenvalue weighted by molar-refractivity contribution is 5.29. The van der Waals surface area contributed by atoms with Crippen LogP contribution in [0.3, 0.4) is 0 Å². The molecule has 0 aromatic heterocycles. The summed E-state index contributed by atoms with van der Waals surface area (Å²) in [5.41, 5.74) is 4.06. The average molecular weight is 297 g/mol. The van der Waals surface area contributed by atoms with Crippen molar-refractivity contribution in [2.24, 2.45) is 0 Å². The van der Waals surface area contributed by atoms with Gasteiger partial charge >= 0.3 is 0 Å². The Hall–Kier alpha value is -1.80. The third-order valence-corrected chi connectivity index (χ3v) is 3.97. The predicted molar refractivity (Wildman–Crippen MR) is 93.4 cm³/mol. The number of aryl methyl sites for hydroxylation is 1. The minimum absolute atomic E-state index is 0.268. The van der Waals surface area contributed by atoms with Crippen LogP contribution in [0.4, 0.5) is 0 Å². The summed E-state index contributed by atoms with van der Waals surface area (Å²) >= 11 is 0. The Morgan fingerprint density at radius 1 is 1.09 bits per heavy atom. The Labute approximate surface area is 134 Å². The molecule has 2 aromatic carbocycles. The number of nitrogens with one attached hydrogen (secondary N) is 1. The summed E-state index contributed by atoms with van der Waals surface area (Å²) in [7, 11) is 0. The first kappa shape index (κ1) is 16.6. The number of hydrogen-bond donors (Lipinski definition) is 1. The van der Waals surface area contributed by atoms with Crippen LogP contribution in [0.5, 0.6) is 5.75 Å². The molecule has 0 aliphatic rings. The van der Waals surface area contributed by atoms with Gasteiger partial charge in [-0.2, -0.15) is 0 Å². The molecule has 0 radical (unpaired) electrons. The van der Waals surface area contributed by atoms with E-state index in [4.69, 9.17) is 4.74 Å². The van der Waals surface area contributed by atoms with Gasteiger partial charge in [-0.3, -0.25) is 0 Å². The molecule has 22 heavy (non-hydrogen) atoms. The van der Waals surface area contributed by atoms with Crippen molar-refractivity contribution in [3.63, 3.8) is 0 Å². The summed E-state index contributed by atoms with van der Waals surface area (Å²) in [6.07, 6.45) is 2.36. The Kier molecular flexibility index (Phi) is 6.47. The molecular weight excluding hydrogens is 270 g/mol. The third kappa shape index (κ3) is 5.19. The van der Waals surface area contributed by atoms with Crippen LogP contribution in [0.15, 0.2) is 48.5 Å². The van der Waals surface area contributed by atoms with E-state index in [1.807, 2.05) is 6.07 Å². The van der Waals surface area contributed by atoms with Crippen molar-refractivity contribution in [2.75, 3.05) is 6.54 Å². The molecule has 0 fully saturated rings. The number of ether oxygens (including phenoxy) is 1. The molecule has 0 aliphatic carbocycles. The van der Waals surface area contributed by atoms with Crippen LogP contribution in [0.25, 0.3) is 0 Å². The topological polar surface area (TPSA) is 21.3 Å². The number of rotatable bonds is 8. The van der Waals surface area contributed by atoms with Crippen molar-refractivity contribution in [2.45, 2.75) is 46.3 Å². The molecule has 2 nitrogen and oxygen atoms in total. The largest absolute Gasteiger partial charge is 0.491 e. The fourth-order valence-corrected chi connectivity index (χ4v) is 2.39. The van der Waals surface area contributed by atoms with Gasteiger partial charge in [0.1, 0.15) is 5.75 Å². The standard InChI is InChI=1S/C20H27NO/c1-4-17(3)22-20-11-7-9-18(14-20)15-21-13-12-19-10-6-5-8-16(19)2/h5-11,14,17,21H,4,12-13,15H2,1-3H3. The van der Waals surface area contributed by atoms with Crippen LogP contribution in [-0.2, 0) is 13.0 Å². The molecule has 2 heteroatoms. The number of benzene rings is 2. The Balaban J connectivity index is 1.79. The van der Waals surface area contributed by atoms with Gasteiger partial charge in [-0.1, -0.05) is 43.3 Å². The SMILES string of the molecule is CCC(C)Oc1cccc(CNCCc2ccccc2C)c1. The fraction of sp³-hybridized carbons (Fsp3) is 0.400. The van der Waals surface area contributed by atoms with E-state index < -0.39 is 0 Å². The second-order valence-corrected chi connectivity index (χ2v) is 5.84. The van der Waals surface area contributed by atoms with Gasteiger partial charge in [-0.15, -0.1) is 0 Å². The maximum Gasteiger partial charge on any atom is 0.120 e. The highest BCUT2D eigenvalue weighted by Gasteiger charge is 2.02. The van der Waals surface area contributed by atoms with Gasteiger partial charge in [-0.05, 0) is 62.1 Å². The van der Waals surface area contributed by atoms with E-state index in [9.17, 15) is 0 Å². The zero-order valence-electron chi connectivity index (χ0n) is 13.9. The van der Waals surface area contributed by atoms with Gasteiger partial charge in [-0.25, -0.2) is 0 Å². The lowest BCUT2D eigenvalue weighted by Gasteiger charge is -2.13. The van der Waals surface area contributed by atoms with Crippen LogP contribution in [0.1, 0.15) is 37.0 Å². The third-order valence-electron chi connectivity index (χ3n) is 3.97. The van der Waals surface area contributed by atoms with Crippen molar-refractivity contribution < 1.29 is 4.74 Å². The van der Waals surface area contributed by atoms with Gasteiger partial charge < -0.3 is 10.1 Å². The maximum atomic E-state index is 5.87. The Morgan fingerprint density at radius 2 is 1.91 bits per heavy atom. The molecule has 0 heterocycles. The summed E-state index contributed by atoms with van der Waals surface area (Å²) in [6.45, 7) is 8.28. The summed E-state index contributed by atoms with van der Waals surface area (Å²) in [4.78, 5) is 0. The van der Waals surface area contributed by atoms with Gasteiger partial charge in [0.2, 0.25) is 0 Å². The van der Waals surface area contributed by atoms with Crippen molar-refractivity contribution in [1.82, 2.24) is 5.32 Å². The molecule has 0 aliphatic heterocycles. The normalized spacial score (nSPS) is 12.1. The Morgan fingerprint density at radius 3 is 2.68 bits per heavy atom. The molecular formula is C20H27NO. The van der Waals surface area contributed by atoms with Crippen molar-refractivity contribution in [3.05, 3.63) is 65.2 Å². The first-order valence-corrected chi connectivity index (χ1v) is 8.20. The van der Waals surface area contributed by atoms with Crippen LogP contribution in [0.2, 0.25) is 0 Å². The fourth-order valence-electron chi connectivity index (χ4n) is 2.39. The number of hydrogen-bond acceptors (Lipinski definition) is 2. The molecule has 0 saturated carbocycles. The van der Waals surface area contributed by atoms with E-state index in [1.54, 1.807) is 0 Å². The molecule has 1 atom stereocenters. The van der Waals surface area contributed by atoms with Crippen LogP contribution in [-0.4, -0.2) is 12.6 Å². The lowest BCUT2D eigenvalue weighted by Crippen LogP contribution is -2.17. The van der Waals surface area contributed by atoms with Crippen molar-refractivity contribution in [3.8, 4) is 5.75 Å². The van der Waals surface area contributed by atoms with Crippen LogP contribution in [0, 0.1) is 6.92 Å². The zero-order valence-corrected chi connectivity index (χ0v) is 13.9. The van der Waals surface area contributed by atoms with Gasteiger partial charge in [0.15, 0.2) is 0 Å². The smallest absolute Gasteiger partial charge is 0.120 e. The second-order valence-electron chi connectivity index (χ2n) is 5.84. The van der Waals surface area contributed by atoms with Crippen LogP contribution < -0.4 is 10.1 Å². The van der Waals surface area contributed by atoms with E-state index in [2.05, 4.69) is 68.6 Å². The van der Waals surface area contributed by atoms with Gasteiger partial charge in [0.25, 0.3) is 0 Å². The summed E-state index contributed by atoms with van der Waals surface area (Å²) in [6, 6.07) is 17.0. The lowest BCUT2D eigenvalue weighted by molar-refractivity contribution is 0.217. The monoisotopic (exact) mass is 297 g/mol. The average Bonchev–Trinajstić information content (AvgIpc) is 2.53. The van der Waals surface area contributed by atoms with E-state index in [-0.39, 0.29) is 6.10 Å². The van der Waals surface area contributed by atoms with Crippen molar-refractivity contribution in [1.29, 1.82) is 0 Å². The lowest BCUT2D eigenvalue weighted by atomic mass is 10.1. The highest BCUT2D eigenvalue weighted by atomic mass is 16.5. The van der Waals surface area contributed by atoms with E-state index in [0.29, 0.717) is 0 Å². The zero-order chi connectivity index (χ0) is 15.8. The van der Waals surface area contributed by atoms with E-state index in [0.717, 1.165) is 31.7 Å². The highest BCUT2D eigenvalue weighted by Crippen LogP contribution is 2.16. The summed E-state index contributed by atoms with van der Waals surface area (Å²) in [5, 5.41) is 3.52. The minimum Gasteiger partial charge on any atom is -0.491 e. The Bertz CT molecular complexity index is 579. The molecule has 0 spiro atoms. The first-order valence-electron chi connectivity index (χ1n) is 8.20. The molecule has 2 aromatic rings. The summed E-state index contributed by atoms with van der Waals surface area (Å²) in [5.74, 6) is 0.965. The van der Waals surface area contributed by atoms with Gasteiger partial charge in [0, 0.05) is 6.54 Å². The molecule has 0 bridgehead atoms. The van der Waals surface area contributed by atoms with Crippen molar-refractivity contribution >= 4 is 0 Å². The molecule has 2 rings (SSSR count). The van der Waals surface area contributed by atoms with E-state index >= 15 is 0 Å². The van der Waals surface area contributed by atoms with Crippen LogP contribution >= 0.6 is 0 Å². The minimum atomic E-state index is 0.268. The second kappa shape index (κ2) is 8.60. The maximum absolute atomic E-state index is 5.87. The molecule has 0 saturated heterocycles. The van der Waals surface area contributed by atoms with Gasteiger partial charge in [0.05, 0.1) is 6.10 Å².